The number of nitrogens with zero attached hydrogens (tertiary/aromatic N) is 2. The van der Waals surface area contributed by atoms with Crippen LogP contribution in [0.15, 0.2) is 0 Å². The third-order valence-corrected chi connectivity index (χ3v) is 3.55. The second-order valence-corrected chi connectivity index (χ2v) is 7.04. The van der Waals surface area contributed by atoms with Crippen molar-refractivity contribution in [3.63, 3.8) is 0 Å². The van der Waals surface area contributed by atoms with Crippen molar-refractivity contribution in [1.29, 1.82) is 0 Å². The van der Waals surface area contributed by atoms with Crippen LogP contribution in [-0.4, -0.2) is 72.5 Å². The van der Waals surface area contributed by atoms with E-state index in [1.807, 2.05) is 0 Å². The number of rotatable bonds is 6. The highest BCUT2D eigenvalue weighted by molar-refractivity contribution is 4.82. The van der Waals surface area contributed by atoms with Gasteiger partial charge in [0.05, 0.1) is 12.7 Å². The number of aliphatic hydroxyl groups is 1. The van der Waals surface area contributed by atoms with Gasteiger partial charge < -0.3 is 9.84 Å². The van der Waals surface area contributed by atoms with Crippen LogP contribution in [0.4, 0.5) is 0 Å². The van der Waals surface area contributed by atoms with Gasteiger partial charge in [-0.15, -0.1) is 0 Å². The molecule has 0 unspecified atom stereocenters. The van der Waals surface area contributed by atoms with Gasteiger partial charge in [-0.1, -0.05) is 13.8 Å². The van der Waals surface area contributed by atoms with Crippen LogP contribution in [0, 0.1) is 5.92 Å². The van der Waals surface area contributed by atoms with Crippen molar-refractivity contribution in [2.24, 2.45) is 5.92 Å². The smallest absolute Gasteiger partial charge is 0.0900 e. The molecule has 1 aliphatic heterocycles. The van der Waals surface area contributed by atoms with Crippen molar-refractivity contribution in [3.05, 3.63) is 0 Å². The van der Waals surface area contributed by atoms with E-state index in [9.17, 15) is 5.11 Å². The molecule has 0 aromatic carbocycles. The molecule has 0 amide bonds. The van der Waals surface area contributed by atoms with Gasteiger partial charge in [0.25, 0.3) is 0 Å². The van der Waals surface area contributed by atoms with E-state index in [2.05, 4.69) is 44.4 Å². The average molecular weight is 272 g/mol. The Morgan fingerprint density at radius 1 is 1.05 bits per heavy atom. The van der Waals surface area contributed by atoms with Gasteiger partial charge in [0, 0.05) is 44.9 Å². The van der Waals surface area contributed by atoms with Crippen molar-refractivity contribution in [3.8, 4) is 0 Å². The number of aliphatic hydroxyl groups excluding tert-OH is 1. The Labute approximate surface area is 118 Å². The molecule has 0 saturated carbocycles. The highest BCUT2D eigenvalue weighted by atomic mass is 16.5. The Morgan fingerprint density at radius 2 is 1.63 bits per heavy atom. The number of piperazine rings is 1. The fraction of sp³-hybridized carbons (Fsp3) is 1.00. The maximum Gasteiger partial charge on any atom is 0.0900 e. The number of hydrogen-bond acceptors (Lipinski definition) is 4. The van der Waals surface area contributed by atoms with Gasteiger partial charge in [-0.3, -0.25) is 9.80 Å². The molecule has 4 nitrogen and oxygen atoms in total. The summed E-state index contributed by atoms with van der Waals surface area (Å²) in [5.41, 5.74) is 0.255. The summed E-state index contributed by atoms with van der Waals surface area (Å²) < 4.78 is 5.49. The van der Waals surface area contributed by atoms with Crippen molar-refractivity contribution in [2.45, 2.75) is 46.3 Å². The molecule has 1 aliphatic rings. The van der Waals surface area contributed by atoms with E-state index >= 15 is 0 Å². The Balaban J connectivity index is 2.18. The molecule has 0 aliphatic carbocycles. The molecule has 1 heterocycles. The first-order valence-corrected chi connectivity index (χ1v) is 7.52. The first-order chi connectivity index (χ1) is 8.79. The van der Waals surface area contributed by atoms with E-state index in [0.29, 0.717) is 12.5 Å². The van der Waals surface area contributed by atoms with Gasteiger partial charge in [0.15, 0.2) is 0 Å². The van der Waals surface area contributed by atoms with Crippen LogP contribution in [-0.2, 0) is 4.74 Å². The van der Waals surface area contributed by atoms with Crippen LogP contribution in [0.25, 0.3) is 0 Å². The van der Waals surface area contributed by atoms with Crippen molar-refractivity contribution >= 4 is 0 Å². The van der Waals surface area contributed by atoms with Gasteiger partial charge in [0.1, 0.15) is 0 Å². The molecule has 1 atom stereocenters. The minimum absolute atomic E-state index is 0.255. The molecule has 1 saturated heterocycles. The van der Waals surface area contributed by atoms with E-state index in [1.165, 1.54) is 0 Å². The monoisotopic (exact) mass is 272 g/mol. The molecular weight excluding hydrogens is 240 g/mol. The standard InChI is InChI=1S/C15H32N2O2/c1-13(2)11-19-12-14(18)10-16-6-8-17(9-7-16)15(3,4)5/h13-14,18H,6-12H2,1-5H3/t14-/m0/s1. The molecule has 0 aromatic rings. The fourth-order valence-electron chi connectivity index (χ4n) is 2.39. The molecule has 1 fully saturated rings. The lowest BCUT2D eigenvalue weighted by atomic mass is 10.0. The lowest BCUT2D eigenvalue weighted by Crippen LogP contribution is -2.54. The second-order valence-electron chi connectivity index (χ2n) is 7.04. The van der Waals surface area contributed by atoms with E-state index in [-0.39, 0.29) is 11.6 Å². The molecule has 114 valence electrons. The summed E-state index contributed by atoms with van der Waals surface area (Å²) in [6, 6.07) is 0. The molecule has 19 heavy (non-hydrogen) atoms. The lowest BCUT2D eigenvalue weighted by Gasteiger charge is -2.42. The van der Waals surface area contributed by atoms with E-state index in [4.69, 9.17) is 4.74 Å². The van der Waals surface area contributed by atoms with Crippen molar-refractivity contribution < 1.29 is 9.84 Å². The number of hydrogen-bond donors (Lipinski definition) is 1. The summed E-state index contributed by atoms with van der Waals surface area (Å²) in [4.78, 5) is 4.84. The van der Waals surface area contributed by atoms with Crippen LogP contribution >= 0.6 is 0 Å². The maximum absolute atomic E-state index is 9.96. The zero-order valence-electron chi connectivity index (χ0n) is 13.4. The summed E-state index contributed by atoms with van der Waals surface area (Å²) >= 11 is 0. The zero-order chi connectivity index (χ0) is 14.5. The quantitative estimate of drug-likeness (QED) is 0.793. The summed E-state index contributed by atoms with van der Waals surface area (Å²) in [6.45, 7) is 17.2. The zero-order valence-corrected chi connectivity index (χ0v) is 13.4. The molecule has 0 spiro atoms. The SMILES string of the molecule is CC(C)COC[C@@H](O)CN1CCN(C(C)(C)C)CC1. The van der Waals surface area contributed by atoms with Crippen LogP contribution in [0.3, 0.4) is 0 Å². The number of ether oxygens (including phenoxy) is 1. The number of β-amino-alcohol motifs (C(OH)–C–C–N with tert-alkyl or cyclic N) is 1. The summed E-state index contributed by atoms with van der Waals surface area (Å²) in [6.07, 6.45) is -0.361. The second kappa shape index (κ2) is 7.58. The lowest BCUT2D eigenvalue weighted by molar-refractivity contribution is -0.00774. The van der Waals surface area contributed by atoms with Crippen LogP contribution in [0.2, 0.25) is 0 Å². The van der Waals surface area contributed by atoms with Gasteiger partial charge in [0.2, 0.25) is 0 Å². The normalized spacial score (nSPS) is 21.0. The minimum atomic E-state index is -0.361. The largest absolute Gasteiger partial charge is 0.389 e. The summed E-state index contributed by atoms with van der Waals surface area (Å²) in [7, 11) is 0. The van der Waals surface area contributed by atoms with Crippen LogP contribution < -0.4 is 0 Å². The van der Waals surface area contributed by atoms with Gasteiger partial charge >= 0.3 is 0 Å². The van der Waals surface area contributed by atoms with E-state index in [0.717, 1.165) is 39.3 Å². The highest BCUT2D eigenvalue weighted by Crippen LogP contribution is 2.15. The van der Waals surface area contributed by atoms with E-state index < -0.39 is 0 Å². The Bertz CT molecular complexity index is 243. The first-order valence-electron chi connectivity index (χ1n) is 7.52. The topological polar surface area (TPSA) is 35.9 Å². The molecule has 1 rings (SSSR count). The minimum Gasteiger partial charge on any atom is -0.389 e. The van der Waals surface area contributed by atoms with Crippen LogP contribution in [0.5, 0.6) is 0 Å². The third-order valence-electron chi connectivity index (χ3n) is 3.55. The van der Waals surface area contributed by atoms with Crippen molar-refractivity contribution in [2.75, 3.05) is 45.9 Å². The molecule has 0 bridgehead atoms. The molecule has 0 aromatic heterocycles. The summed E-state index contributed by atoms with van der Waals surface area (Å²) in [5, 5.41) is 9.96. The molecule has 4 heteroatoms. The average Bonchev–Trinajstić information content (AvgIpc) is 2.27. The Kier molecular flexibility index (Phi) is 6.74. The third kappa shape index (κ3) is 6.70. The molecular formula is C15H32N2O2. The molecule has 1 N–H and O–H groups in total. The predicted octanol–water partition coefficient (Wildman–Crippen LogP) is 1.44. The summed E-state index contributed by atoms with van der Waals surface area (Å²) in [5.74, 6) is 0.530. The van der Waals surface area contributed by atoms with Gasteiger partial charge in [-0.2, -0.15) is 0 Å². The highest BCUT2D eigenvalue weighted by Gasteiger charge is 2.26. The van der Waals surface area contributed by atoms with Crippen molar-refractivity contribution in [1.82, 2.24) is 9.80 Å². The van der Waals surface area contributed by atoms with Gasteiger partial charge in [-0.25, -0.2) is 0 Å². The fourth-order valence-corrected chi connectivity index (χ4v) is 2.39. The van der Waals surface area contributed by atoms with Crippen LogP contribution in [0.1, 0.15) is 34.6 Å². The molecule has 0 radical (unpaired) electrons. The maximum atomic E-state index is 9.96. The Morgan fingerprint density at radius 3 is 2.11 bits per heavy atom. The predicted molar refractivity (Wildman–Crippen MR) is 79.4 cm³/mol. The van der Waals surface area contributed by atoms with Gasteiger partial charge in [-0.05, 0) is 26.7 Å². The Hall–Kier alpha value is -0.160. The van der Waals surface area contributed by atoms with E-state index in [1.54, 1.807) is 0 Å². The first kappa shape index (κ1) is 16.9.